The topological polar surface area (TPSA) is 17.8 Å². The van der Waals surface area contributed by atoms with Gasteiger partial charge in [-0.25, -0.2) is 4.98 Å². The average molecular weight is 775 g/mol. The fourth-order valence-corrected chi connectivity index (χ4v) is 9.52. The van der Waals surface area contributed by atoms with E-state index in [0.717, 1.165) is 33.8 Å². The van der Waals surface area contributed by atoms with Gasteiger partial charge in [-0.15, -0.1) is 0 Å². The summed E-state index contributed by atoms with van der Waals surface area (Å²) in [6.07, 6.45) is 0. The molecule has 0 aliphatic heterocycles. The lowest BCUT2D eigenvalue weighted by atomic mass is 9.88. The normalized spacial score (nSPS) is 11.6. The van der Waals surface area contributed by atoms with Crippen LogP contribution in [0.4, 0.5) is 0 Å². The first-order valence-electron chi connectivity index (χ1n) is 21.0. The summed E-state index contributed by atoms with van der Waals surface area (Å²) in [5.41, 5.74) is 14.8. The molecule has 2 aromatic heterocycles. The first-order chi connectivity index (χ1) is 30.3. The maximum absolute atomic E-state index is 5.30. The van der Waals surface area contributed by atoms with Crippen LogP contribution in [-0.2, 0) is 0 Å². The fraction of sp³-hybridized carbons (Fsp3) is 0. The minimum atomic E-state index is 0.946. The van der Waals surface area contributed by atoms with E-state index in [1.165, 1.54) is 81.9 Å². The standard InChI is InChI=1S/C59H38N2/c1-4-16-39(17-5-1)41-28-32-43(33-29-41)54-36-45(40-18-6-2-7-19-40)37-55(60-54)44-34-30-42(31-35-44)52-38-53-48-23-11-13-25-50(48)59-58(57(53)49-24-12-10-22-47(49)52)51-26-14-15-27-56(51)61(59)46-20-8-3-9-21-46/h1-38H. The van der Waals surface area contributed by atoms with Crippen molar-refractivity contribution in [3.8, 4) is 61.6 Å². The van der Waals surface area contributed by atoms with Gasteiger partial charge in [0.1, 0.15) is 0 Å². The molecule has 2 heteroatoms. The molecule has 284 valence electrons. The van der Waals surface area contributed by atoms with Crippen LogP contribution in [0.3, 0.4) is 0 Å². The molecule has 0 amide bonds. The number of rotatable bonds is 6. The summed E-state index contributed by atoms with van der Waals surface area (Å²) in [5.74, 6) is 0. The van der Waals surface area contributed by atoms with Crippen molar-refractivity contribution in [1.82, 2.24) is 9.55 Å². The summed E-state index contributed by atoms with van der Waals surface area (Å²) in [4.78, 5) is 5.30. The van der Waals surface area contributed by atoms with Crippen molar-refractivity contribution in [3.63, 3.8) is 0 Å². The van der Waals surface area contributed by atoms with Crippen molar-refractivity contribution in [1.29, 1.82) is 0 Å². The Balaban J connectivity index is 1.03. The molecule has 0 aliphatic carbocycles. The Hall–Kier alpha value is -8.07. The van der Waals surface area contributed by atoms with Gasteiger partial charge in [0.15, 0.2) is 0 Å². The van der Waals surface area contributed by atoms with E-state index in [2.05, 4.69) is 235 Å². The quantitative estimate of drug-likeness (QED) is 0.154. The molecule has 0 N–H and O–H groups in total. The number of fused-ring (bicyclic) bond motifs is 10. The summed E-state index contributed by atoms with van der Waals surface area (Å²) in [7, 11) is 0. The summed E-state index contributed by atoms with van der Waals surface area (Å²) in [5, 5.41) is 10.1. The Kier molecular flexibility index (Phi) is 8.21. The monoisotopic (exact) mass is 774 g/mol. The van der Waals surface area contributed by atoms with Gasteiger partial charge in [-0.1, -0.05) is 194 Å². The number of para-hydroxylation sites is 2. The summed E-state index contributed by atoms with van der Waals surface area (Å²) in [6, 6.07) is 83.4. The smallest absolute Gasteiger partial charge is 0.0715 e. The molecule has 2 nitrogen and oxygen atoms in total. The molecule has 0 atom stereocenters. The molecule has 0 bridgehead atoms. The molecule has 2 heterocycles. The van der Waals surface area contributed by atoms with Crippen LogP contribution in [0.2, 0.25) is 0 Å². The van der Waals surface area contributed by atoms with Crippen LogP contribution in [-0.4, -0.2) is 9.55 Å². The van der Waals surface area contributed by atoms with Gasteiger partial charge in [-0.2, -0.15) is 0 Å². The van der Waals surface area contributed by atoms with E-state index in [-0.39, 0.29) is 0 Å². The SMILES string of the molecule is c1ccc(-c2ccc(-c3cc(-c4ccccc4)cc(-c4ccc(-c5cc6c7ccccc7c7c(c8ccccc8n7-c7ccccc7)c6c6ccccc56)cc4)n3)cc2)cc1. The van der Waals surface area contributed by atoms with E-state index >= 15 is 0 Å². The van der Waals surface area contributed by atoms with Crippen LogP contribution in [0.5, 0.6) is 0 Å². The van der Waals surface area contributed by atoms with E-state index in [1.54, 1.807) is 0 Å². The van der Waals surface area contributed by atoms with E-state index in [1.807, 2.05) is 0 Å². The molecule has 10 aromatic carbocycles. The molecule has 0 spiro atoms. The van der Waals surface area contributed by atoms with Crippen LogP contribution in [0.1, 0.15) is 0 Å². The highest BCUT2D eigenvalue weighted by atomic mass is 15.0. The zero-order valence-electron chi connectivity index (χ0n) is 33.3. The van der Waals surface area contributed by atoms with Gasteiger partial charge in [-0.05, 0) is 91.3 Å². The molecule has 12 rings (SSSR count). The van der Waals surface area contributed by atoms with Gasteiger partial charge >= 0.3 is 0 Å². The molecule has 0 fully saturated rings. The van der Waals surface area contributed by atoms with Crippen molar-refractivity contribution in [2.24, 2.45) is 0 Å². The highest BCUT2D eigenvalue weighted by Gasteiger charge is 2.21. The predicted octanol–water partition coefficient (Wildman–Crippen LogP) is 16.0. The van der Waals surface area contributed by atoms with E-state index in [0.29, 0.717) is 0 Å². The minimum Gasteiger partial charge on any atom is -0.309 e. The summed E-state index contributed by atoms with van der Waals surface area (Å²) in [6.45, 7) is 0. The summed E-state index contributed by atoms with van der Waals surface area (Å²) < 4.78 is 2.46. The predicted molar refractivity (Wildman–Crippen MR) is 258 cm³/mol. The highest BCUT2D eigenvalue weighted by Crippen LogP contribution is 2.47. The van der Waals surface area contributed by atoms with E-state index in [9.17, 15) is 0 Å². The van der Waals surface area contributed by atoms with Crippen LogP contribution in [0.25, 0.3) is 116 Å². The van der Waals surface area contributed by atoms with Gasteiger partial charge in [0.25, 0.3) is 0 Å². The second-order valence-electron chi connectivity index (χ2n) is 15.9. The fourth-order valence-electron chi connectivity index (χ4n) is 9.52. The molecule has 0 radical (unpaired) electrons. The third-order valence-corrected chi connectivity index (χ3v) is 12.4. The Morgan fingerprint density at radius 1 is 0.279 bits per heavy atom. The Labute approximate surface area is 354 Å². The first-order valence-corrected chi connectivity index (χ1v) is 21.0. The molecule has 61 heavy (non-hydrogen) atoms. The number of hydrogen-bond donors (Lipinski definition) is 0. The lowest BCUT2D eigenvalue weighted by molar-refractivity contribution is 1.19. The van der Waals surface area contributed by atoms with Crippen molar-refractivity contribution >= 4 is 54.1 Å². The van der Waals surface area contributed by atoms with Crippen molar-refractivity contribution in [2.75, 3.05) is 0 Å². The second-order valence-corrected chi connectivity index (χ2v) is 15.9. The molecule has 12 aromatic rings. The number of benzene rings is 10. The molecular formula is C59H38N2. The Morgan fingerprint density at radius 3 is 1.38 bits per heavy atom. The van der Waals surface area contributed by atoms with Crippen LogP contribution in [0.15, 0.2) is 231 Å². The number of pyridine rings is 1. The van der Waals surface area contributed by atoms with Gasteiger partial charge in [0, 0.05) is 38.4 Å². The lowest BCUT2D eigenvalue weighted by Gasteiger charge is -2.16. The third-order valence-electron chi connectivity index (χ3n) is 12.4. The largest absolute Gasteiger partial charge is 0.309 e. The maximum atomic E-state index is 5.30. The average Bonchev–Trinajstić information content (AvgIpc) is 3.70. The number of nitrogens with zero attached hydrogens (tertiary/aromatic N) is 2. The van der Waals surface area contributed by atoms with Gasteiger partial charge < -0.3 is 4.57 Å². The molecular weight excluding hydrogens is 737 g/mol. The summed E-state index contributed by atoms with van der Waals surface area (Å²) >= 11 is 0. The van der Waals surface area contributed by atoms with Crippen LogP contribution < -0.4 is 0 Å². The Morgan fingerprint density at radius 2 is 0.738 bits per heavy atom. The molecule has 0 unspecified atom stereocenters. The molecule has 0 aliphatic rings. The number of hydrogen-bond acceptors (Lipinski definition) is 1. The zero-order valence-corrected chi connectivity index (χ0v) is 33.3. The van der Waals surface area contributed by atoms with Gasteiger partial charge in [0.05, 0.1) is 22.4 Å². The molecule has 0 saturated heterocycles. The maximum Gasteiger partial charge on any atom is 0.0715 e. The van der Waals surface area contributed by atoms with Crippen molar-refractivity contribution in [3.05, 3.63) is 231 Å². The van der Waals surface area contributed by atoms with E-state index < -0.39 is 0 Å². The first kappa shape index (κ1) is 34.9. The minimum absolute atomic E-state index is 0.946. The van der Waals surface area contributed by atoms with Crippen molar-refractivity contribution in [2.45, 2.75) is 0 Å². The Bertz CT molecular complexity index is 3590. The third kappa shape index (κ3) is 5.84. The van der Waals surface area contributed by atoms with Crippen molar-refractivity contribution < 1.29 is 0 Å². The van der Waals surface area contributed by atoms with E-state index in [4.69, 9.17) is 4.98 Å². The molecule has 0 saturated carbocycles. The number of aromatic nitrogens is 2. The van der Waals surface area contributed by atoms with Gasteiger partial charge in [-0.3, -0.25) is 0 Å². The van der Waals surface area contributed by atoms with Gasteiger partial charge in [0.2, 0.25) is 0 Å². The zero-order chi connectivity index (χ0) is 40.3. The second kappa shape index (κ2) is 14.3. The lowest BCUT2D eigenvalue weighted by Crippen LogP contribution is -1.95. The highest BCUT2D eigenvalue weighted by molar-refractivity contribution is 6.38. The van der Waals surface area contributed by atoms with Crippen LogP contribution in [0, 0.1) is 0 Å². The van der Waals surface area contributed by atoms with Crippen LogP contribution >= 0.6 is 0 Å².